The molecule has 0 saturated carbocycles. The van der Waals surface area contributed by atoms with Crippen LogP contribution in [0.3, 0.4) is 0 Å². The Kier molecular flexibility index (Phi) is 4.27. The van der Waals surface area contributed by atoms with E-state index < -0.39 is 0 Å². The van der Waals surface area contributed by atoms with Gasteiger partial charge in [0.15, 0.2) is 0 Å². The number of rotatable bonds is 4. The van der Waals surface area contributed by atoms with Gasteiger partial charge in [-0.3, -0.25) is 9.58 Å². The Morgan fingerprint density at radius 3 is 2.32 bits per heavy atom. The van der Waals surface area contributed by atoms with Crippen molar-refractivity contribution >= 4 is 11.6 Å². The lowest BCUT2D eigenvalue weighted by molar-refractivity contribution is 0.317. The van der Waals surface area contributed by atoms with Crippen LogP contribution < -0.4 is 0 Å². The minimum atomic E-state index is 0.783. The molecule has 2 rings (SSSR count). The van der Waals surface area contributed by atoms with E-state index in [1.165, 1.54) is 16.8 Å². The number of benzene rings is 1. The van der Waals surface area contributed by atoms with Gasteiger partial charge in [-0.1, -0.05) is 23.7 Å². The lowest BCUT2D eigenvalue weighted by atomic mass is 10.1. The van der Waals surface area contributed by atoms with Gasteiger partial charge >= 0.3 is 0 Å². The predicted molar refractivity (Wildman–Crippen MR) is 79.3 cm³/mol. The Balaban J connectivity index is 2.05. The van der Waals surface area contributed by atoms with Crippen LogP contribution in [0.1, 0.15) is 22.5 Å². The van der Waals surface area contributed by atoms with Crippen molar-refractivity contribution in [1.82, 2.24) is 14.7 Å². The van der Waals surface area contributed by atoms with E-state index in [1.807, 2.05) is 23.9 Å². The minimum absolute atomic E-state index is 0.783. The Labute approximate surface area is 119 Å². The van der Waals surface area contributed by atoms with E-state index in [4.69, 9.17) is 11.6 Å². The van der Waals surface area contributed by atoms with Crippen LogP contribution in [0.2, 0.25) is 5.02 Å². The van der Waals surface area contributed by atoms with Crippen molar-refractivity contribution < 1.29 is 0 Å². The lowest BCUT2D eigenvalue weighted by Crippen LogP contribution is -2.18. The molecule has 0 saturated heterocycles. The molecule has 0 spiro atoms. The first-order chi connectivity index (χ1) is 8.97. The molecule has 0 unspecified atom stereocenters. The molecule has 0 bridgehead atoms. The molecule has 0 fully saturated rings. The molecular weight excluding hydrogens is 258 g/mol. The van der Waals surface area contributed by atoms with Crippen LogP contribution in [0.25, 0.3) is 0 Å². The van der Waals surface area contributed by atoms with Crippen molar-refractivity contribution in [1.29, 1.82) is 0 Å². The normalized spacial score (nSPS) is 11.3. The van der Waals surface area contributed by atoms with Crippen molar-refractivity contribution in [2.45, 2.75) is 26.9 Å². The number of halogens is 1. The zero-order valence-electron chi connectivity index (χ0n) is 11.9. The molecule has 0 amide bonds. The molecule has 4 heteroatoms. The molecule has 1 heterocycles. The van der Waals surface area contributed by atoms with Gasteiger partial charge in [0.1, 0.15) is 0 Å². The third kappa shape index (κ3) is 3.37. The van der Waals surface area contributed by atoms with Crippen molar-refractivity contribution in [3.05, 3.63) is 51.8 Å². The molecule has 0 aliphatic heterocycles. The molecule has 0 aliphatic carbocycles. The molecule has 0 aliphatic rings. The number of aryl methyl sites for hydroxylation is 2. The second kappa shape index (κ2) is 5.76. The molecular formula is C15H20ClN3. The predicted octanol–water partition coefficient (Wildman–Crippen LogP) is 3.32. The highest BCUT2D eigenvalue weighted by molar-refractivity contribution is 6.30. The van der Waals surface area contributed by atoms with Crippen LogP contribution in [-0.2, 0) is 20.1 Å². The first-order valence-electron chi connectivity index (χ1n) is 6.39. The average Bonchev–Trinajstić information content (AvgIpc) is 2.59. The molecule has 0 radical (unpaired) electrons. The van der Waals surface area contributed by atoms with Gasteiger partial charge in [0.05, 0.1) is 5.69 Å². The maximum Gasteiger partial charge on any atom is 0.0641 e. The summed E-state index contributed by atoms with van der Waals surface area (Å²) in [7, 11) is 4.12. The van der Waals surface area contributed by atoms with E-state index in [2.05, 4.69) is 43.0 Å². The van der Waals surface area contributed by atoms with Gasteiger partial charge in [0, 0.05) is 36.4 Å². The van der Waals surface area contributed by atoms with Crippen molar-refractivity contribution in [3.8, 4) is 0 Å². The molecule has 1 aromatic carbocycles. The second-order valence-electron chi connectivity index (χ2n) is 5.07. The van der Waals surface area contributed by atoms with Crippen LogP contribution in [0, 0.1) is 13.8 Å². The second-order valence-corrected chi connectivity index (χ2v) is 5.51. The van der Waals surface area contributed by atoms with Gasteiger partial charge in [-0.2, -0.15) is 5.10 Å². The summed E-state index contributed by atoms with van der Waals surface area (Å²) in [6.45, 7) is 6.00. The number of hydrogen-bond acceptors (Lipinski definition) is 2. The van der Waals surface area contributed by atoms with Gasteiger partial charge in [0.25, 0.3) is 0 Å². The maximum absolute atomic E-state index is 5.90. The number of nitrogens with zero attached hydrogens (tertiary/aromatic N) is 3. The summed E-state index contributed by atoms with van der Waals surface area (Å²) in [6.07, 6.45) is 0. The molecule has 3 nitrogen and oxygen atoms in total. The fraction of sp³-hybridized carbons (Fsp3) is 0.400. The van der Waals surface area contributed by atoms with Crippen molar-refractivity contribution in [3.63, 3.8) is 0 Å². The summed E-state index contributed by atoms with van der Waals surface area (Å²) < 4.78 is 1.95. The summed E-state index contributed by atoms with van der Waals surface area (Å²) in [5.74, 6) is 0. The highest BCUT2D eigenvalue weighted by atomic mass is 35.5. The van der Waals surface area contributed by atoms with Crippen molar-refractivity contribution in [2.24, 2.45) is 7.05 Å². The number of aromatic nitrogens is 2. The Bertz CT molecular complexity index is 558. The summed E-state index contributed by atoms with van der Waals surface area (Å²) in [5.41, 5.74) is 4.94. The van der Waals surface area contributed by atoms with E-state index >= 15 is 0 Å². The third-order valence-corrected chi connectivity index (χ3v) is 3.70. The molecule has 102 valence electrons. The highest BCUT2D eigenvalue weighted by Crippen LogP contribution is 2.16. The van der Waals surface area contributed by atoms with Gasteiger partial charge in [-0.15, -0.1) is 0 Å². The first-order valence-corrected chi connectivity index (χ1v) is 6.77. The zero-order valence-corrected chi connectivity index (χ0v) is 12.7. The van der Waals surface area contributed by atoms with Gasteiger partial charge in [-0.25, -0.2) is 0 Å². The van der Waals surface area contributed by atoms with Gasteiger partial charge < -0.3 is 0 Å². The molecule has 1 aromatic heterocycles. The van der Waals surface area contributed by atoms with Crippen LogP contribution in [0.5, 0.6) is 0 Å². The van der Waals surface area contributed by atoms with E-state index in [9.17, 15) is 0 Å². The van der Waals surface area contributed by atoms with Gasteiger partial charge in [0.2, 0.25) is 0 Å². The summed E-state index contributed by atoms with van der Waals surface area (Å²) in [6, 6.07) is 8.01. The van der Waals surface area contributed by atoms with E-state index in [1.54, 1.807) is 0 Å². The fourth-order valence-electron chi connectivity index (χ4n) is 2.27. The third-order valence-electron chi connectivity index (χ3n) is 3.45. The van der Waals surface area contributed by atoms with E-state index in [0.717, 1.165) is 23.8 Å². The standard InChI is InChI=1S/C15H20ClN3/c1-11-15(12(2)19(4)17-11)10-18(3)9-13-5-7-14(16)8-6-13/h5-8H,9-10H2,1-4H3. The Morgan fingerprint density at radius 1 is 1.16 bits per heavy atom. The summed E-state index contributed by atoms with van der Waals surface area (Å²) >= 11 is 5.90. The van der Waals surface area contributed by atoms with E-state index in [0.29, 0.717) is 0 Å². The zero-order chi connectivity index (χ0) is 14.0. The van der Waals surface area contributed by atoms with Gasteiger partial charge in [-0.05, 0) is 38.6 Å². The SMILES string of the molecule is Cc1nn(C)c(C)c1CN(C)Cc1ccc(Cl)cc1. The van der Waals surface area contributed by atoms with Crippen LogP contribution >= 0.6 is 11.6 Å². The van der Waals surface area contributed by atoms with E-state index in [-0.39, 0.29) is 0 Å². The van der Waals surface area contributed by atoms with Crippen LogP contribution in [0.15, 0.2) is 24.3 Å². The monoisotopic (exact) mass is 277 g/mol. The molecule has 2 aromatic rings. The Hall–Kier alpha value is -1.32. The average molecular weight is 278 g/mol. The highest BCUT2D eigenvalue weighted by Gasteiger charge is 2.11. The smallest absolute Gasteiger partial charge is 0.0641 e. The quantitative estimate of drug-likeness (QED) is 0.855. The number of hydrogen-bond donors (Lipinski definition) is 0. The first kappa shape index (κ1) is 14.1. The lowest BCUT2D eigenvalue weighted by Gasteiger charge is -2.17. The minimum Gasteiger partial charge on any atom is -0.298 e. The Morgan fingerprint density at radius 2 is 1.79 bits per heavy atom. The summed E-state index contributed by atoms with van der Waals surface area (Å²) in [5, 5.41) is 5.24. The summed E-state index contributed by atoms with van der Waals surface area (Å²) in [4.78, 5) is 2.29. The molecule has 0 atom stereocenters. The molecule has 19 heavy (non-hydrogen) atoms. The topological polar surface area (TPSA) is 21.1 Å². The molecule has 0 N–H and O–H groups in total. The van der Waals surface area contributed by atoms with Crippen LogP contribution in [-0.4, -0.2) is 21.7 Å². The fourth-order valence-corrected chi connectivity index (χ4v) is 2.40. The largest absolute Gasteiger partial charge is 0.298 e. The maximum atomic E-state index is 5.90. The van der Waals surface area contributed by atoms with Crippen molar-refractivity contribution in [2.75, 3.05) is 7.05 Å². The van der Waals surface area contributed by atoms with Crippen LogP contribution in [0.4, 0.5) is 0 Å².